The Bertz CT molecular complexity index is 675. The van der Waals surface area contributed by atoms with Crippen molar-refractivity contribution < 1.29 is 14.3 Å². The number of rotatable bonds is 11. The Morgan fingerprint density at radius 1 is 1.29 bits per heavy atom. The van der Waals surface area contributed by atoms with E-state index in [2.05, 4.69) is 39.6 Å². The van der Waals surface area contributed by atoms with Crippen LogP contribution in [0.3, 0.4) is 0 Å². The van der Waals surface area contributed by atoms with E-state index >= 15 is 0 Å². The van der Waals surface area contributed by atoms with E-state index in [1.807, 2.05) is 26.0 Å². The van der Waals surface area contributed by atoms with Crippen LogP contribution in [0.15, 0.2) is 27.1 Å². The van der Waals surface area contributed by atoms with Crippen LogP contribution >= 0.6 is 0 Å². The van der Waals surface area contributed by atoms with Crippen molar-refractivity contribution in [3.63, 3.8) is 0 Å². The molecular weight excluding hydrogens is 350 g/mol. The highest BCUT2D eigenvalue weighted by Gasteiger charge is 2.20. The molecule has 0 saturated heterocycles. The van der Waals surface area contributed by atoms with Crippen LogP contribution < -0.4 is 0 Å². The van der Waals surface area contributed by atoms with Gasteiger partial charge < -0.3 is 9.52 Å². The Labute approximate surface area is 171 Å². The highest BCUT2D eigenvalue weighted by Crippen LogP contribution is 2.31. The molecule has 0 saturated carbocycles. The van der Waals surface area contributed by atoms with Crippen molar-refractivity contribution in [3.8, 4) is 0 Å². The lowest BCUT2D eigenvalue weighted by Crippen LogP contribution is -2.13. The van der Waals surface area contributed by atoms with Crippen molar-refractivity contribution in [2.45, 2.75) is 86.0 Å². The molecule has 0 amide bonds. The van der Waals surface area contributed by atoms with Gasteiger partial charge in [0.2, 0.25) is 5.88 Å². The van der Waals surface area contributed by atoms with Crippen LogP contribution in [0.25, 0.3) is 0 Å². The maximum absolute atomic E-state index is 12.6. The van der Waals surface area contributed by atoms with E-state index in [1.165, 1.54) is 0 Å². The van der Waals surface area contributed by atoms with E-state index in [4.69, 9.17) is 4.42 Å². The second kappa shape index (κ2) is 11.4. The number of hydrogen-bond donors (Lipinski definition) is 1. The summed E-state index contributed by atoms with van der Waals surface area (Å²) < 4.78 is 5.89. The quantitative estimate of drug-likeness (QED) is 0.274. The fourth-order valence-corrected chi connectivity index (χ4v) is 3.03. The zero-order valence-electron chi connectivity index (χ0n) is 18.8. The number of Topliss-reactive ketones (excluding diaryl/α,β-unsaturated/α-hetero) is 1. The average Bonchev–Trinajstić information content (AvgIpc) is 2.99. The summed E-state index contributed by atoms with van der Waals surface area (Å²) in [6, 6.07) is 2.02. The number of aryl methyl sites for hydroxylation is 1. The third-order valence-corrected chi connectivity index (χ3v) is 5.10. The number of hydrogen-bond acceptors (Lipinski definition) is 4. The molecule has 1 N–H and O–H groups in total. The number of ketones is 1. The van der Waals surface area contributed by atoms with Gasteiger partial charge in [-0.25, -0.2) is 4.99 Å². The lowest BCUT2D eigenvalue weighted by molar-refractivity contribution is -0.115. The molecule has 0 radical (unpaired) electrons. The van der Waals surface area contributed by atoms with Gasteiger partial charge in [0, 0.05) is 35.8 Å². The summed E-state index contributed by atoms with van der Waals surface area (Å²) in [5.41, 5.74) is 1.56. The minimum atomic E-state index is -0.0706. The van der Waals surface area contributed by atoms with Crippen LogP contribution in [0.1, 0.15) is 85.0 Å². The van der Waals surface area contributed by atoms with Crippen LogP contribution in [-0.2, 0) is 10.2 Å². The Morgan fingerprint density at radius 3 is 2.46 bits per heavy atom. The van der Waals surface area contributed by atoms with Gasteiger partial charge in [-0.15, -0.1) is 0 Å². The summed E-state index contributed by atoms with van der Waals surface area (Å²) in [5, 5.41) is 9.41. The van der Waals surface area contributed by atoms with Gasteiger partial charge in [0.05, 0.1) is 0 Å². The van der Waals surface area contributed by atoms with Crippen molar-refractivity contribution in [2.24, 2.45) is 16.8 Å². The number of nitrogens with zero attached hydrogens (tertiary/aromatic N) is 1. The number of unbranched alkanes of at least 4 members (excludes halogenated alkanes) is 1. The van der Waals surface area contributed by atoms with Gasteiger partial charge in [-0.05, 0) is 44.1 Å². The van der Waals surface area contributed by atoms with Crippen LogP contribution in [0, 0.1) is 18.8 Å². The van der Waals surface area contributed by atoms with Crippen molar-refractivity contribution in [3.05, 3.63) is 29.0 Å². The first-order chi connectivity index (χ1) is 13.1. The van der Waals surface area contributed by atoms with E-state index in [1.54, 1.807) is 6.21 Å². The summed E-state index contributed by atoms with van der Waals surface area (Å²) >= 11 is 0. The largest absolute Gasteiger partial charge is 0.443 e. The standard InChI is InChI=1S/C24H39NO3/c1-8-11-19(21(27)13-10-9-12-20(16-26)17(2)3)15-25-23-18(4)14-22(28-23)24(5,6)7/h11,14-15,17,20,26H,8-10,12-13,16H2,1-7H3/b19-11-,25-15-. The van der Waals surface area contributed by atoms with E-state index in [9.17, 15) is 9.90 Å². The summed E-state index contributed by atoms with van der Waals surface area (Å²) in [5.74, 6) is 2.38. The van der Waals surface area contributed by atoms with E-state index in [-0.39, 0.29) is 17.8 Å². The minimum absolute atomic E-state index is 0.0706. The van der Waals surface area contributed by atoms with E-state index in [0.29, 0.717) is 29.7 Å². The molecule has 1 heterocycles. The summed E-state index contributed by atoms with van der Waals surface area (Å²) in [4.78, 5) is 17.1. The lowest BCUT2D eigenvalue weighted by atomic mass is 9.90. The highest BCUT2D eigenvalue weighted by atomic mass is 16.4. The average molecular weight is 390 g/mol. The fourth-order valence-electron chi connectivity index (χ4n) is 3.03. The third kappa shape index (κ3) is 7.75. The minimum Gasteiger partial charge on any atom is -0.443 e. The molecule has 1 rings (SSSR count). The lowest BCUT2D eigenvalue weighted by Gasteiger charge is -2.17. The molecule has 0 bridgehead atoms. The first-order valence-electron chi connectivity index (χ1n) is 10.6. The van der Waals surface area contributed by atoms with Crippen molar-refractivity contribution in [1.82, 2.24) is 0 Å². The van der Waals surface area contributed by atoms with E-state index in [0.717, 1.165) is 37.0 Å². The number of aliphatic hydroxyl groups excluding tert-OH is 1. The van der Waals surface area contributed by atoms with Gasteiger partial charge >= 0.3 is 0 Å². The third-order valence-electron chi connectivity index (χ3n) is 5.10. The van der Waals surface area contributed by atoms with Crippen molar-refractivity contribution >= 4 is 17.9 Å². The number of allylic oxidation sites excluding steroid dienone is 2. The maximum Gasteiger partial charge on any atom is 0.221 e. The van der Waals surface area contributed by atoms with Gasteiger partial charge in [-0.3, -0.25) is 4.79 Å². The molecule has 1 unspecified atom stereocenters. The molecule has 0 spiro atoms. The molecule has 28 heavy (non-hydrogen) atoms. The number of aliphatic hydroxyl groups is 1. The molecule has 4 nitrogen and oxygen atoms in total. The normalized spacial score (nSPS) is 14.2. The van der Waals surface area contributed by atoms with Crippen LogP contribution in [0.5, 0.6) is 0 Å². The topological polar surface area (TPSA) is 62.8 Å². The van der Waals surface area contributed by atoms with Crippen LogP contribution in [0.2, 0.25) is 0 Å². The Morgan fingerprint density at radius 2 is 1.96 bits per heavy atom. The second-order valence-corrected chi connectivity index (χ2v) is 9.03. The predicted molar refractivity (Wildman–Crippen MR) is 118 cm³/mol. The van der Waals surface area contributed by atoms with Crippen molar-refractivity contribution in [2.75, 3.05) is 6.61 Å². The SMILES string of the molecule is CC/C=C(/C=N\c1oc(C(C)(C)C)cc1C)C(=O)CCCCC(CO)C(C)C. The smallest absolute Gasteiger partial charge is 0.221 e. The number of carbonyl (C=O) groups excluding carboxylic acids is 1. The number of carbonyl (C=O) groups is 1. The van der Waals surface area contributed by atoms with Crippen molar-refractivity contribution in [1.29, 1.82) is 0 Å². The summed E-state index contributed by atoms with van der Waals surface area (Å²) in [6.07, 6.45) is 7.64. The number of aliphatic imine (C=N–C) groups is 1. The first-order valence-corrected chi connectivity index (χ1v) is 10.6. The molecular formula is C24H39NO3. The molecule has 0 aliphatic carbocycles. The Balaban J connectivity index is 2.70. The second-order valence-electron chi connectivity index (χ2n) is 9.03. The fraction of sp³-hybridized carbons (Fsp3) is 0.667. The van der Waals surface area contributed by atoms with Crippen LogP contribution in [0.4, 0.5) is 5.88 Å². The molecule has 0 aliphatic rings. The predicted octanol–water partition coefficient (Wildman–Crippen LogP) is 6.32. The van der Waals surface area contributed by atoms with Gasteiger partial charge in [-0.2, -0.15) is 0 Å². The monoisotopic (exact) mass is 389 g/mol. The number of furan rings is 1. The summed E-state index contributed by atoms with van der Waals surface area (Å²) in [7, 11) is 0. The molecule has 1 aromatic heterocycles. The molecule has 0 aromatic carbocycles. The van der Waals surface area contributed by atoms with Crippen LogP contribution in [-0.4, -0.2) is 23.7 Å². The van der Waals surface area contributed by atoms with Gasteiger partial charge in [-0.1, -0.05) is 54.0 Å². The summed E-state index contributed by atoms with van der Waals surface area (Å²) in [6.45, 7) is 14.8. The first kappa shape index (κ1) is 24.4. The van der Waals surface area contributed by atoms with Gasteiger partial charge in [0.25, 0.3) is 0 Å². The molecule has 1 aromatic rings. The Hall–Kier alpha value is -1.68. The zero-order chi connectivity index (χ0) is 21.3. The molecule has 158 valence electrons. The molecule has 0 aliphatic heterocycles. The van der Waals surface area contributed by atoms with E-state index < -0.39 is 0 Å². The van der Waals surface area contributed by atoms with Gasteiger partial charge in [0.15, 0.2) is 5.78 Å². The zero-order valence-corrected chi connectivity index (χ0v) is 18.8. The molecule has 4 heteroatoms. The molecule has 0 fully saturated rings. The highest BCUT2D eigenvalue weighted by molar-refractivity contribution is 6.13. The van der Waals surface area contributed by atoms with Gasteiger partial charge in [0.1, 0.15) is 5.76 Å². The Kier molecular flexibility index (Phi) is 9.88. The molecule has 1 atom stereocenters. The maximum atomic E-state index is 12.6.